The van der Waals surface area contributed by atoms with Gasteiger partial charge < -0.3 is 4.57 Å². The molecule has 0 N–H and O–H groups in total. The number of hydrogen-bond acceptors (Lipinski definition) is 1. The van der Waals surface area contributed by atoms with Crippen molar-refractivity contribution in [2.24, 2.45) is 5.92 Å². The highest BCUT2D eigenvalue weighted by Gasteiger charge is 2.17. The van der Waals surface area contributed by atoms with Crippen molar-refractivity contribution in [2.45, 2.75) is 20.4 Å². The molecular formula is C13H13Cl2NO. The van der Waals surface area contributed by atoms with E-state index in [0.29, 0.717) is 21.7 Å². The first kappa shape index (κ1) is 12.5. The molecular weight excluding hydrogens is 257 g/mol. The number of aldehydes is 1. The molecule has 0 radical (unpaired) electrons. The van der Waals surface area contributed by atoms with E-state index in [4.69, 9.17) is 23.2 Å². The fourth-order valence-corrected chi connectivity index (χ4v) is 2.59. The molecule has 4 heteroatoms. The van der Waals surface area contributed by atoms with Gasteiger partial charge in [0.2, 0.25) is 0 Å². The summed E-state index contributed by atoms with van der Waals surface area (Å²) in [5.41, 5.74) is 1.36. The lowest BCUT2D eigenvalue weighted by molar-refractivity contribution is 0.112. The SMILES string of the molecule is CC(C)Cn1c(Cl)c(C=O)c2cccc(Cl)c21. The van der Waals surface area contributed by atoms with Crippen molar-refractivity contribution >= 4 is 40.4 Å². The van der Waals surface area contributed by atoms with Crippen LogP contribution in [0.4, 0.5) is 0 Å². The van der Waals surface area contributed by atoms with Gasteiger partial charge in [-0.2, -0.15) is 0 Å². The van der Waals surface area contributed by atoms with E-state index in [-0.39, 0.29) is 0 Å². The van der Waals surface area contributed by atoms with E-state index in [1.807, 2.05) is 22.8 Å². The van der Waals surface area contributed by atoms with E-state index in [1.54, 1.807) is 0 Å². The topological polar surface area (TPSA) is 22.0 Å². The summed E-state index contributed by atoms with van der Waals surface area (Å²) in [4.78, 5) is 11.1. The average molecular weight is 270 g/mol. The van der Waals surface area contributed by atoms with Crippen LogP contribution in [0.15, 0.2) is 18.2 Å². The molecule has 0 spiro atoms. The molecule has 0 bridgehead atoms. The summed E-state index contributed by atoms with van der Waals surface area (Å²) >= 11 is 12.4. The molecule has 17 heavy (non-hydrogen) atoms. The third-order valence-electron chi connectivity index (χ3n) is 2.67. The third-order valence-corrected chi connectivity index (χ3v) is 3.38. The smallest absolute Gasteiger partial charge is 0.153 e. The fraction of sp³-hybridized carbons (Fsp3) is 0.308. The van der Waals surface area contributed by atoms with Gasteiger partial charge in [0.25, 0.3) is 0 Å². The van der Waals surface area contributed by atoms with Gasteiger partial charge in [0.1, 0.15) is 5.15 Å². The number of aromatic nitrogens is 1. The van der Waals surface area contributed by atoms with Crippen molar-refractivity contribution in [2.75, 3.05) is 0 Å². The predicted molar refractivity (Wildman–Crippen MR) is 72.2 cm³/mol. The highest BCUT2D eigenvalue weighted by molar-refractivity contribution is 6.38. The van der Waals surface area contributed by atoms with Crippen LogP contribution >= 0.6 is 23.2 Å². The number of benzene rings is 1. The molecule has 2 rings (SSSR count). The van der Waals surface area contributed by atoms with Crippen LogP contribution < -0.4 is 0 Å². The quantitative estimate of drug-likeness (QED) is 0.757. The zero-order chi connectivity index (χ0) is 12.6. The minimum Gasteiger partial charge on any atom is -0.330 e. The minimum atomic E-state index is 0.430. The second-order valence-electron chi connectivity index (χ2n) is 4.46. The Kier molecular flexibility index (Phi) is 3.45. The number of hydrogen-bond donors (Lipinski definition) is 0. The molecule has 0 atom stereocenters. The maximum absolute atomic E-state index is 11.1. The fourth-order valence-electron chi connectivity index (χ4n) is 2.01. The molecule has 0 saturated heterocycles. The summed E-state index contributed by atoms with van der Waals surface area (Å²) in [6.07, 6.45) is 0.790. The van der Waals surface area contributed by atoms with Gasteiger partial charge in [0.15, 0.2) is 6.29 Å². The monoisotopic (exact) mass is 269 g/mol. The van der Waals surface area contributed by atoms with Gasteiger partial charge in [-0.3, -0.25) is 4.79 Å². The summed E-state index contributed by atoms with van der Waals surface area (Å²) in [5.74, 6) is 0.430. The molecule has 0 fully saturated rings. The van der Waals surface area contributed by atoms with E-state index in [0.717, 1.165) is 23.7 Å². The Bertz CT molecular complexity index is 572. The molecule has 2 aromatic rings. The van der Waals surface area contributed by atoms with Gasteiger partial charge in [0, 0.05) is 11.9 Å². The maximum atomic E-state index is 11.1. The van der Waals surface area contributed by atoms with Gasteiger partial charge in [-0.15, -0.1) is 0 Å². The van der Waals surface area contributed by atoms with Gasteiger partial charge in [-0.05, 0) is 12.0 Å². The third kappa shape index (κ3) is 2.07. The zero-order valence-corrected chi connectivity index (χ0v) is 11.2. The van der Waals surface area contributed by atoms with Crippen molar-refractivity contribution in [3.63, 3.8) is 0 Å². The van der Waals surface area contributed by atoms with Crippen molar-refractivity contribution in [3.8, 4) is 0 Å². The molecule has 90 valence electrons. The summed E-state index contributed by atoms with van der Waals surface area (Å²) in [6, 6.07) is 5.51. The highest BCUT2D eigenvalue weighted by Crippen LogP contribution is 2.33. The number of carbonyl (C=O) groups is 1. The number of nitrogens with zero attached hydrogens (tertiary/aromatic N) is 1. The molecule has 0 aliphatic heterocycles. The van der Waals surface area contributed by atoms with Crippen LogP contribution in [0.2, 0.25) is 10.2 Å². The molecule has 1 aromatic carbocycles. The lowest BCUT2D eigenvalue weighted by Gasteiger charge is -2.10. The summed E-state index contributed by atoms with van der Waals surface area (Å²) in [5, 5.41) is 1.91. The number of carbonyl (C=O) groups excluding carboxylic acids is 1. The molecule has 0 unspecified atom stereocenters. The molecule has 2 nitrogen and oxygen atoms in total. The second-order valence-corrected chi connectivity index (χ2v) is 5.23. The summed E-state index contributed by atoms with van der Waals surface area (Å²) in [6.45, 7) is 4.94. The Morgan fingerprint density at radius 1 is 1.35 bits per heavy atom. The predicted octanol–water partition coefficient (Wildman–Crippen LogP) is 4.42. The van der Waals surface area contributed by atoms with Crippen LogP contribution in [-0.4, -0.2) is 10.9 Å². The Morgan fingerprint density at radius 3 is 2.65 bits per heavy atom. The summed E-state index contributed by atoms with van der Waals surface area (Å²) in [7, 11) is 0. The molecule has 1 aromatic heterocycles. The van der Waals surface area contributed by atoms with Crippen molar-refractivity contribution in [1.82, 2.24) is 4.57 Å². The van der Waals surface area contributed by atoms with Gasteiger partial charge in [-0.25, -0.2) is 0 Å². The maximum Gasteiger partial charge on any atom is 0.153 e. The Hall–Kier alpha value is -0.990. The molecule has 0 aliphatic rings. The van der Waals surface area contributed by atoms with Crippen LogP contribution in [0.5, 0.6) is 0 Å². The van der Waals surface area contributed by atoms with Crippen molar-refractivity contribution < 1.29 is 4.79 Å². The number of para-hydroxylation sites is 1. The molecule has 0 aliphatic carbocycles. The molecule has 0 saturated carbocycles. The highest BCUT2D eigenvalue weighted by atomic mass is 35.5. The van der Waals surface area contributed by atoms with Crippen LogP contribution in [-0.2, 0) is 6.54 Å². The Labute approximate surface area is 110 Å². The largest absolute Gasteiger partial charge is 0.330 e. The van der Waals surface area contributed by atoms with Crippen LogP contribution in [0, 0.1) is 5.92 Å². The average Bonchev–Trinajstić information content (AvgIpc) is 2.52. The van der Waals surface area contributed by atoms with E-state index < -0.39 is 0 Å². The number of rotatable bonds is 3. The first-order valence-corrected chi connectivity index (χ1v) is 6.23. The lowest BCUT2D eigenvalue weighted by atomic mass is 10.2. The van der Waals surface area contributed by atoms with Crippen molar-refractivity contribution in [1.29, 1.82) is 0 Å². The van der Waals surface area contributed by atoms with Crippen LogP contribution in [0.1, 0.15) is 24.2 Å². The van der Waals surface area contributed by atoms with Crippen LogP contribution in [0.25, 0.3) is 10.9 Å². The molecule has 0 amide bonds. The number of halogens is 2. The normalized spacial score (nSPS) is 11.4. The van der Waals surface area contributed by atoms with E-state index >= 15 is 0 Å². The first-order chi connectivity index (χ1) is 8.06. The second kappa shape index (κ2) is 4.71. The standard InChI is InChI=1S/C13H13Cl2NO/c1-8(2)6-16-12-9(4-3-5-11(12)14)10(7-17)13(16)15/h3-5,7-8H,6H2,1-2H3. The lowest BCUT2D eigenvalue weighted by Crippen LogP contribution is -2.04. The van der Waals surface area contributed by atoms with E-state index in [2.05, 4.69) is 13.8 Å². The molecule has 1 heterocycles. The van der Waals surface area contributed by atoms with Gasteiger partial charge in [0.05, 0.1) is 16.1 Å². The Balaban J connectivity index is 2.81. The van der Waals surface area contributed by atoms with Crippen molar-refractivity contribution in [3.05, 3.63) is 33.9 Å². The van der Waals surface area contributed by atoms with Gasteiger partial charge in [-0.1, -0.05) is 49.2 Å². The number of fused-ring (bicyclic) bond motifs is 1. The van der Waals surface area contributed by atoms with Gasteiger partial charge >= 0.3 is 0 Å². The van der Waals surface area contributed by atoms with E-state index in [9.17, 15) is 4.79 Å². The minimum absolute atomic E-state index is 0.430. The zero-order valence-electron chi connectivity index (χ0n) is 9.71. The van der Waals surface area contributed by atoms with Crippen LogP contribution in [0.3, 0.4) is 0 Å². The first-order valence-electron chi connectivity index (χ1n) is 5.47. The summed E-state index contributed by atoms with van der Waals surface area (Å²) < 4.78 is 1.91. The Morgan fingerprint density at radius 2 is 2.06 bits per heavy atom. The van der Waals surface area contributed by atoms with E-state index in [1.165, 1.54) is 0 Å².